The van der Waals surface area contributed by atoms with Gasteiger partial charge in [-0.3, -0.25) is 4.79 Å². The molecule has 0 aliphatic heterocycles. The van der Waals surface area contributed by atoms with E-state index in [4.69, 9.17) is 5.14 Å². The molecule has 0 bridgehead atoms. The molecule has 27 heavy (non-hydrogen) atoms. The van der Waals surface area contributed by atoms with E-state index in [0.29, 0.717) is 5.56 Å². The minimum absolute atomic E-state index is 0.00142. The zero-order chi connectivity index (χ0) is 20.2. The van der Waals surface area contributed by atoms with Crippen LogP contribution in [0.2, 0.25) is 0 Å². The van der Waals surface area contributed by atoms with Crippen molar-refractivity contribution in [2.75, 3.05) is 6.54 Å². The molecule has 1 amide bonds. The molecule has 2 rings (SSSR count). The van der Waals surface area contributed by atoms with Gasteiger partial charge in [0.25, 0.3) is 5.91 Å². The van der Waals surface area contributed by atoms with Crippen molar-refractivity contribution in [3.05, 3.63) is 65.2 Å². The molecule has 2 aromatic rings. The number of rotatable bonds is 7. The van der Waals surface area contributed by atoms with Gasteiger partial charge in [0.2, 0.25) is 10.0 Å². The molecule has 2 atom stereocenters. The molecule has 0 radical (unpaired) electrons. The van der Waals surface area contributed by atoms with E-state index in [0.717, 1.165) is 17.7 Å². The molecule has 146 valence electrons. The first kappa shape index (κ1) is 20.9. The van der Waals surface area contributed by atoms with Crippen molar-refractivity contribution in [2.24, 2.45) is 5.14 Å². The fourth-order valence-corrected chi connectivity index (χ4v) is 3.06. The number of nitrogens with two attached hydrogens (primary N) is 2. The normalized spacial score (nSPS) is 13.8. The predicted octanol–water partition coefficient (Wildman–Crippen LogP) is 1.11. The Kier molecular flexibility index (Phi) is 6.63. The molecule has 9 heteroatoms. The molecule has 0 fully saturated rings. The van der Waals surface area contributed by atoms with Gasteiger partial charge in [0.1, 0.15) is 6.04 Å². The van der Waals surface area contributed by atoms with Gasteiger partial charge in [0.05, 0.1) is 10.9 Å². The van der Waals surface area contributed by atoms with Crippen LogP contribution >= 0.6 is 0 Å². The lowest BCUT2D eigenvalue weighted by Gasteiger charge is -2.16. The summed E-state index contributed by atoms with van der Waals surface area (Å²) in [5.74, 6) is -2.08. The Morgan fingerprint density at radius 1 is 1.07 bits per heavy atom. The van der Waals surface area contributed by atoms with Crippen molar-refractivity contribution in [2.45, 2.75) is 30.8 Å². The summed E-state index contributed by atoms with van der Waals surface area (Å²) >= 11 is 0. The third-order valence-electron chi connectivity index (χ3n) is 4.21. The average molecular weight is 398 g/mol. The highest BCUT2D eigenvalue weighted by molar-refractivity contribution is 7.89. The minimum Gasteiger partial charge on any atom is -0.345 e. The Balaban J connectivity index is 1.90. The number of hydrogen-bond donors (Lipinski definition) is 3. The number of benzene rings is 2. The second-order valence-electron chi connectivity index (χ2n) is 6.31. The summed E-state index contributed by atoms with van der Waals surface area (Å²) in [4.78, 5) is 12.1. The second kappa shape index (κ2) is 8.55. The third kappa shape index (κ3) is 5.81. The van der Waals surface area contributed by atoms with Crippen LogP contribution in [0.1, 0.15) is 37.1 Å². The van der Waals surface area contributed by atoms with Gasteiger partial charge in [-0.2, -0.15) is 0 Å². The van der Waals surface area contributed by atoms with Crippen LogP contribution in [-0.2, 0) is 14.8 Å². The number of sulfonamides is 1. The molecule has 0 spiro atoms. The molecule has 2 aromatic carbocycles. The Labute approximate surface area is 156 Å². The third-order valence-corrected chi connectivity index (χ3v) is 5.14. The first-order valence-electron chi connectivity index (χ1n) is 8.28. The molecule has 0 heterocycles. The van der Waals surface area contributed by atoms with E-state index in [9.17, 15) is 22.0 Å². The van der Waals surface area contributed by atoms with Crippen LogP contribution in [0.25, 0.3) is 0 Å². The molecule has 0 saturated heterocycles. The lowest BCUT2D eigenvalue weighted by Crippen LogP contribution is -2.87. The summed E-state index contributed by atoms with van der Waals surface area (Å²) in [5, 5.41) is 9.56. The van der Waals surface area contributed by atoms with Crippen LogP contribution in [-0.4, -0.2) is 20.9 Å². The van der Waals surface area contributed by atoms with Crippen molar-refractivity contribution < 1.29 is 27.3 Å². The van der Waals surface area contributed by atoms with Crippen molar-refractivity contribution >= 4 is 15.9 Å². The zero-order valence-electron chi connectivity index (χ0n) is 14.9. The van der Waals surface area contributed by atoms with E-state index in [1.807, 2.05) is 0 Å². The summed E-state index contributed by atoms with van der Waals surface area (Å²) in [6, 6.07) is 9.01. The molecule has 0 aliphatic carbocycles. The number of halogens is 2. The monoisotopic (exact) mass is 398 g/mol. The van der Waals surface area contributed by atoms with Crippen molar-refractivity contribution in [3.63, 3.8) is 0 Å². The first-order chi connectivity index (χ1) is 12.6. The quantitative estimate of drug-likeness (QED) is 0.651. The van der Waals surface area contributed by atoms with Crippen LogP contribution in [0.15, 0.2) is 47.4 Å². The van der Waals surface area contributed by atoms with Gasteiger partial charge in [0.15, 0.2) is 18.2 Å². The Hall–Kier alpha value is -2.36. The van der Waals surface area contributed by atoms with Gasteiger partial charge in [-0.25, -0.2) is 22.3 Å². The number of carbonyl (C=O) groups excluding carboxylic acids is 1. The summed E-state index contributed by atoms with van der Waals surface area (Å²) in [5.41, 5.74) is 1.30. The number of hydrogen-bond acceptors (Lipinski definition) is 3. The predicted molar refractivity (Wildman–Crippen MR) is 95.9 cm³/mol. The van der Waals surface area contributed by atoms with Crippen LogP contribution in [0.5, 0.6) is 0 Å². The number of primary sulfonamides is 1. The Morgan fingerprint density at radius 2 is 1.67 bits per heavy atom. The van der Waals surface area contributed by atoms with Gasteiger partial charge in [0, 0.05) is 5.56 Å². The maximum absolute atomic E-state index is 13.3. The van der Waals surface area contributed by atoms with Gasteiger partial charge >= 0.3 is 0 Å². The SMILES string of the molecule is C[C@H]([NH2+]CC(=O)N[C@H](C)c1ccc(S(N)(=O)=O)cc1)c1ccc(F)c(F)c1. The first-order valence-corrected chi connectivity index (χ1v) is 9.83. The van der Waals surface area contributed by atoms with Crippen molar-refractivity contribution in [3.8, 4) is 0 Å². The highest BCUT2D eigenvalue weighted by Crippen LogP contribution is 2.15. The molecule has 6 nitrogen and oxygen atoms in total. The topological polar surface area (TPSA) is 106 Å². The Morgan fingerprint density at radius 3 is 2.22 bits per heavy atom. The maximum atomic E-state index is 13.3. The summed E-state index contributed by atoms with van der Waals surface area (Å²) in [7, 11) is -3.76. The standard InChI is InChI=1S/C18H21F2N3O3S/c1-11(14-5-8-16(19)17(20)9-14)22-10-18(24)23-12(2)13-3-6-15(7-4-13)27(21,25)26/h3-9,11-12,22H,10H2,1-2H3,(H,23,24)(H2,21,25,26)/p+1/t11-,12+/m0/s1. The average Bonchev–Trinajstić information content (AvgIpc) is 2.61. The maximum Gasteiger partial charge on any atom is 0.275 e. The van der Waals surface area contributed by atoms with E-state index >= 15 is 0 Å². The second-order valence-corrected chi connectivity index (χ2v) is 7.87. The summed E-state index contributed by atoms with van der Waals surface area (Å²) < 4.78 is 48.8. The number of quaternary nitrogens is 1. The smallest absolute Gasteiger partial charge is 0.275 e. The highest BCUT2D eigenvalue weighted by atomic mass is 32.2. The van der Waals surface area contributed by atoms with Gasteiger partial charge in [-0.05, 0) is 49.7 Å². The van der Waals surface area contributed by atoms with E-state index in [2.05, 4.69) is 5.32 Å². The fourth-order valence-electron chi connectivity index (χ4n) is 2.55. The fraction of sp³-hybridized carbons (Fsp3) is 0.278. The molecule has 0 aromatic heterocycles. The van der Waals surface area contributed by atoms with Crippen molar-refractivity contribution in [1.29, 1.82) is 0 Å². The van der Waals surface area contributed by atoms with Gasteiger partial charge in [-0.15, -0.1) is 0 Å². The van der Waals surface area contributed by atoms with Crippen LogP contribution < -0.4 is 15.8 Å². The molecular weight excluding hydrogens is 376 g/mol. The molecule has 0 saturated carbocycles. The number of nitrogens with one attached hydrogen (secondary N) is 1. The number of carbonyl (C=O) groups is 1. The van der Waals surface area contributed by atoms with Gasteiger partial charge < -0.3 is 10.6 Å². The Bertz CT molecular complexity index is 918. The lowest BCUT2D eigenvalue weighted by molar-refractivity contribution is -0.682. The summed E-state index contributed by atoms with van der Waals surface area (Å²) in [6.07, 6.45) is 0. The van der Waals surface area contributed by atoms with E-state index < -0.39 is 21.7 Å². The molecular formula is C18H22F2N3O3S+. The highest BCUT2D eigenvalue weighted by Gasteiger charge is 2.16. The largest absolute Gasteiger partial charge is 0.345 e. The molecule has 0 aliphatic rings. The van der Waals surface area contributed by atoms with E-state index in [-0.39, 0.29) is 29.4 Å². The van der Waals surface area contributed by atoms with Crippen molar-refractivity contribution in [1.82, 2.24) is 5.32 Å². The zero-order valence-corrected chi connectivity index (χ0v) is 15.8. The van der Waals surface area contributed by atoms with Crippen LogP contribution in [0.4, 0.5) is 8.78 Å². The molecule has 0 unspecified atom stereocenters. The van der Waals surface area contributed by atoms with Crippen LogP contribution in [0.3, 0.4) is 0 Å². The van der Waals surface area contributed by atoms with Crippen LogP contribution in [0, 0.1) is 11.6 Å². The summed E-state index contributed by atoms with van der Waals surface area (Å²) in [6.45, 7) is 3.65. The number of amides is 1. The molecule has 5 N–H and O–H groups in total. The lowest BCUT2D eigenvalue weighted by atomic mass is 10.1. The minimum atomic E-state index is -3.76. The van der Waals surface area contributed by atoms with E-state index in [1.54, 1.807) is 31.3 Å². The van der Waals surface area contributed by atoms with E-state index in [1.165, 1.54) is 18.2 Å². The van der Waals surface area contributed by atoms with Gasteiger partial charge in [-0.1, -0.05) is 12.1 Å².